The van der Waals surface area contributed by atoms with Crippen LogP contribution < -0.4 is 5.73 Å². The van der Waals surface area contributed by atoms with Crippen molar-refractivity contribution >= 4 is 0 Å². The van der Waals surface area contributed by atoms with Gasteiger partial charge in [0.2, 0.25) is 0 Å². The van der Waals surface area contributed by atoms with Gasteiger partial charge in [0.05, 0.1) is 6.10 Å². The van der Waals surface area contributed by atoms with Crippen molar-refractivity contribution < 1.29 is 9.84 Å². The van der Waals surface area contributed by atoms with Gasteiger partial charge in [0.25, 0.3) is 0 Å². The molecule has 0 amide bonds. The van der Waals surface area contributed by atoms with Crippen LogP contribution in [0.5, 0.6) is 0 Å². The quantitative estimate of drug-likeness (QED) is 0.575. The molecular weight excluding hydrogens is 130 g/mol. The van der Waals surface area contributed by atoms with E-state index >= 15 is 0 Å². The highest BCUT2D eigenvalue weighted by Gasteiger charge is 2.18. The van der Waals surface area contributed by atoms with Crippen LogP contribution in [0.2, 0.25) is 0 Å². The van der Waals surface area contributed by atoms with Gasteiger partial charge in [-0.3, -0.25) is 0 Å². The third-order valence-electron chi connectivity index (χ3n) is 1.90. The molecule has 2 atom stereocenters. The maximum Gasteiger partial charge on any atom is 0.0665 e. The first-order valence-electron chi connectivity index (χ1n) is 3.79. The van der Waals surface area contributed by atoms with Crippen LogP contribution in [0.1, 0.15) is 12.8 Å². The average molecular weight is 145 g/mol. The van der Waals surface area contributed by atoms with Gasteiger partial charge in [-0.1, -0.05) is 0 Å². The third-order valence-corrected chi connectivity index (χ3v) is 1.90. The van der Waals surface area contributed by atoms with Gasteiger partial charge in [-0.2, -0.15) is 0 Å². The number of nitrogens with two attached hydrogens (primary N) is 1. The van der Waals surface area contributed by atoms with Gasteiger partial charge in [-0.05, 0) is 18.8 Å². The Bertz CT molecular complexity index is 91.6. The van der Waals surface area contributed by atoms with Crippen molar-refractivity contribution in [3.05, 3.63) is 0 Å². The van der Waals surface area contributed by atoms with Gasteiger partial charge in [0, 0.05) is 19.8 Å². The molecule has 1 fully saturated rings. The number of rotatable bonds is 3. The van der Waals surface area contributed by atoms with Crippen molar-refractivity contribution in [1.82, 2.24) is 0 Å². The maximum absolute atomic E-state index is 9.14. The van der Waals surface area contributed by atoms with Crippen LogP contribution >= 0.6 is 0 Å². The summed E-state index contributed by atoms with van der Waals surface area (Å²) in [5, 5.41) is 9.14. The monoisotopic (exact) mass is 145 g/mol. The zero-order chi connectivity index (χ0) is 7.40. The second kappa shape index (κ2) is 3.91. The van der Waals surface area contributed by atoms with Gasteiger partial charge in [0.1, 0.15) is 0 Å². The van der Waals surface area contributed by atoms with Crippen molar-refractivity contribution in [3.8, 4) is 0 Å². The molecule has 0 spiro atoms. The molecule has 3 heteroatoms. The largest absolute Gasteiger partial charge is 0.392 e. The Balaban J connectivity index is 2.11. The lowest BCUT2D eigenvalue weighted by Crippen LogP contribution is -2.23. The second-order valence-corrected chi connectivity index (χ2v) is 2.85. The first kappa shape index (κ1) is 7.98. The predicted molar refractivity (Wildman–Crippen MR) is 38.6 cm³/mol. The lowest BCUT2D eigenvalue weighted by atomic mass is 10.0. The summed E-state index contributed by atoms with van der Waals surface area (Å²) < 4.78 is 5.15. The Kier molecular flexibility index (Phi) is 3.12. The van der Waals surface area contributed by atoms with Crippen LogP contribution in [0.25, 0.3) is 0 Å². The van der Waals surface area contributed by atoms with Crippen LogP contribution in [0, 0.1) is 5.92 Å². The highest BCUT2D eigenvalue weighted by Crippen LogP contribution is 2.17. The number of aliphatic hydroxyl groups is 1. The van der Waals surface area contributed by atoms with Crippen molar-refractivity contribution in [3.63, 3.8) is 0 Å². The van der Waals surface area contributed by atoms with Gasteiger partial charge in [-0.25, -0.2) is 0 Å². The molecule has 0 bridgehead atoms. The van der Waals surface area contributed by atoms with E-state index in [4.69, 9.17) is 15.6 Å². The normalized spacial score (nSPS) is 28.8. The molecule has 1 aliphatic heterocycles. The SMILES string of the molecule is NCC(O)CC1CCOC1. The Hall–Kier alpha value is -0.120. The minimum atomic E-state index is -0.327. The molecular formula is C7H15NO2. The van der Waals surface area contributed by atoms with E-state index in [9.17, 15) is 0 Å². The van der Waals surface area contributed by atoms with E-state index in [2.05, 4.69) is 0 Å². The lowest BCUT2D eigenvalue weighted by Gasteiger charge is -2.11. The minimum absolute atomic E-state index is 0.327. The molecule has 3 nitrogen and oxygen atoms in total. The summed E-state index contributed by atoms with van der Waals surface area (Å²) in [4.78, 5) is 0. The fraction of sp³-hybridized carbons (Fsp3) is 1.00. The molecule has 0 aromatic carbocycles. The molecule has 3 N–H and O–H groups in total. The molecule has 0 radical (unpaired) electrons. The maximum atomic E-state index is 9.14. The van der Waals surface area contributed by atoms with Crippen molar-refractivity contribution in [2.45, 2.75) is 18.9 Å². The fourth-order valence-corrected chi connectivity index (χ4v) is 1.25. The predicted octanol–water partition coefficient (Wildman–Crippen LogP) is -0.267. The van der Waals surface area contributed by atoms with E-state index in [1.165, 1.54) is 0 Å². The summed E-state index contributed by atoms with van der Waals surface area (Å²) in [6.07, 6.45) is 1.56. The zero-order valence-corrected chi connectivity index (χ0v) is 6.12. The van der Waals surface area contributed by atoms with Gasteiger partial charge < -0.3 is 15.6 Å². The number of hydrogen-bond acceptors (Lipinski definition) is 3. The minimum Gasteiger partial charge on any atom is -0.392 e. The van der Waals surface area contributed by atoms with Crippen LogP contribution in [0.15, 0.2) is 0 Å². The number of hydrogen-bond donors (Lipinski definition) is 2. The lowest BCUT2D eigenvalue weighted by molar-refractivity contribution is 0.134. The summed E-state index contributed by atoms with van der Waals surface area (Å²) in [6, 6.07) is 0. The molecule has 1 saturated heterocycles. The van der Waals surface area contributed by atoms with Gasteiger partial charge >= 0.3 is 0 Å². The number of aliphatic hydroxyl groups excluding tert-OH is 1. The zero-order valence-electron chi connectivity index (χ0n) is 6.12. The summed E-state index contributed by atoms with van der Waals surface area (Å²) in [6.45, 7) is 2.02. The summed E-state index contributed by atoms with van der Waals surface area (Å²) >= 11 is 0. The first-order chi connectivity index (χ1) is 4.83. The molecule has 1 aliphatic rings. The molecule has 1 heterocycles. The van der Waals surface area contributed by atoms with E-state index in [-0.39, 0.29) is 6.10 Å². The Labute approximate surface area is 61.2 Å². The summed E-state index contributed by atoms with van der Waals surface area (Å²) in [5.74, 6) is 0.540. The molecule has 0 saturated carbocycles. The Morgan fingerprint density at radius 1 is 1.70 bits per heavy atom. The van der Waals surface area contributed by atoms with Crippen LogP contribution in [-0.2, 0) is 4.74 Å². The smallest absolute Gasteiger partial charge is 0.0665 e. The van der Waals surface area contributed by atoms with Crippen molar-refractivity contribution in [2.24, 2.45) is 11.7 Å². The van der Waals surface area contributed by atoms with E-state index < -0.39 is 0 Å². The molecule has 60 valence electrons. The first-order valence-corrected chi connectivity index (χ1v) is 3.79. The average Bonchev–Trinajstić information content (AvgIpc) is 2.40. The van der Waals surface area contributed by atoms with Crippen LogP contribution in [-0.4, -0.2) is 31.0 Å². The Morgan fingerprint density at radius 3 is 3.00 bits per heavy atom. The van der Waals surface area contributed by atoms with Gasteiger partial charge in [-0.15, -0.1) is 0 Å². The van der Waals surface area contributed by atoms with Crippen molar-refractivity contribution in [1.29, 1.82) is 0 Å². The molecule has 0 aromatic rings. The van der Waals surface area contributed by atoms with E-state index in [1.54, 1.807) is 0 Å². The molecule has 10 heavy (non-hydrogen) atoms. The van der Waals surface area contributed by atoms with E-state index in [0.717, 1.165) is 26.1 Å². The number of ether oxygens (including phenoxy) is 1. The summed E-state index contributed by atoms with van der Waals surface area (Å²) in [5.41, 5.74) is 5.26. The molecule has 1 rings (SSSR count). The molecule has 0 aromatic heterocycles. The second-order valence-electron chi connectivity index (χ2n) is 2.85. The van der Waals surface area contributed by atoms with Crippen LogP contribution in [0.3, 0.4) is 0 Å². The molecule has 0 aliphatic carbocycles. The van der Waals surface area contributed by atoms with E-state index in [1.807, 2.05) is 0 Å². The molecule has 2 unspecified atom stereocenters. The van der Waals surface area contributed by atoms with E-state index in [0.29, 0.717) is 12.5 Å². The fourth-order valence-electron chi connectivity index (χ4n) is 1.25. The highest BCUT2D eigenvalue weighted by atomic mass is 16.5. The third kappa shape index (κ3) is 2.25. The highest BCUT2D eigenvalue weighted by molar-refractivity contribution is 4.68. The standard InChI is InChI=1S/C7H15NO2/c8-4-7(9)3-6-1-2-10-5-6/h6-7,9H,1-5,8H2. The van der Waals surface area contributed by atoms with Crippen molar-refractivity contribution in [2.75, 3.05) is 19.8 Å². The topological polar surface area (TPSA) is 55.5 Å². The van der Waals surface area contributed by atoms with Crippen LogP contribution in [0.4, 0.5) is 0 Å². The summed E-state index contributed by atoms with van der Waals surface area (Å²) in [7, 11) is 0. The van der Waals surface area contributed by atoms with Gasteiger partial charge in [0.15, 0.2) is 0 Å². The Morgan fingerprint density at radius 2 is 2.50 bits per heavy atom.